The van der Waals surface area contributed by atoms with Crippen molar-refractivity contribution in [1.29, 1.82) is 0 Å². The highest BCUT2D eigenvalue weighted by Gasteiger charge is 2.20. The standard InChI is InChI=1S/C14H20N2O2S/c1-18-13-4-2-12(3-5-13)15-7-9-16(10-8-15)14(17)6-11-19/h2-5,19H,6-11H2,1H3. The van der Waals surface area contributed by atoms with Crippen LogP contribution in [-0.2, 0) is 4.79 Å². The fraction of sp³-hybridized carbons (Fsp3) is 0.500. The molecule has 0 aromatic heterocycles. The minimum absolute atomic E-state index is 0.212. The van der Waals surface area contributed by atoms with E-state index in [1.807, 2.05) is 17.0 Å². The molecule has 0 saturated carbocycles. The Morgan fingerprint density at radius 1 is 1.21 bits per heavy atom. The predicted molar refractivity (Wildman–Crippen MR) is 80.3 cm³/mol. The molecular weight excluding hydrogens is 260 g/mol. The van der Waals surface area contributed by atoms with Gasteiger partial charge in [0.25, 0.3) is 0 Å². The van der Waals surface area contributed by atoms with Gasteiger partial charge in [0.2, 0.25) is 5.91 Å². The van der Waals surface area contributed by atoms with Crippen LogP contribution in [0, 0.1) is 0 Å². The Morgan fingerprint density at radius 2 is 1.84 bits per heavy atom. The lowest BCUT2D eigenvalue weighted by molar-refractivity contribution is -0.131. The number of hydrogen-bond donors (Lipinski definition) is 1. The lowest BCUT2D eigenvalue weighted by Crippen LogP contribution is -2.48. The van der Waals surface area contributed by atoms with E-state index in [0.717, 1.165) is 31.9 Å². The highest BCUT2D eigenvalue weighted by Crippen LogP contribution is 2.20. The molecule has 19 heavy (non-hydrogen) atoms. The SMILES string of the molecule is COc1ccc(N2CCN(C(=O)CCS)CC2)cc1. The Balaban J connectivity index is 1.90. The van der Waals surface area contributed by atoms with Gasteiger partial charge in [-0.25, -0.2) is 0 Å². The molecule has 1 saturated heterocycles. The molecule has 0 radical (unpaired) electrons. The monoisotopic (exact) mass is 280 g/mol. The second-order valence-electron chi connectivity index (χ2n) is 4.54. The number of benzene rings is 1. The van der Waals surface area contributed by atoms with Crippen molar-refractivity contribution in [3.63, 3.8) is 0 Å². The summed E-state index contributed by atoms with van der Waals surface area (Å²) in [6, 6.07) is 8.05. The quantitative estimate of drug-likeness (QED) is 0.852. The van der Waals surface area contributed by atoms with Crippen molar-refractivity contribution >= 4 is 24.2 Å². The first-order valence-electron chi connectivity index (χ1n) is 6.52. The van der Waals surface area contributed by atoms with E-state index >= 15 is 0 Å². The van der Waals surface area contributed by atoms with Crippen LogP contribution in [0.3, 0.4) is 0 Å². The lowest BCUT2D eigenvalue weighted by atomic mass is 10.2. The molecule has 104 valence electrons. The van der Waals surface area contributed by atoms with Gasteiger partial charge in [-0.05, 0) is 30.0 Å². The molecule has 0 spiro atoms. The van der Waals surface area contributed by atoms with Crippen LogP contribution in [0.5, 0.6) is 5.75 Å². The molecule has 0 aliphatic carbocycles. The first-order valence-corrected chi connectivity index (χ1v) is 7.15. The van der Waals surface area contributed by atoms with Crippen molar-refractivity contribution in [3.8, 4) is 5.75 Å². The average Bonchev–Trinajstić information content (AvgIpc) is 2.48. The van der Waals surface area contributed by atoms with Crippen molar-refractivity contribution in [2.75, 3.05) is 43.9 Å². The first kappa shape index (κ1) is 14.1. The van der Waals surface area contributed by atoms with Gasteiger partial charge in [0.1, 0.15) is 5.75 Å². The highest BCUT2D eigenvalue weighted by molar-refractivity contribution is 7.80. The van der Waals surface area contributed by atoms with Crippen LogP contribution >= 0.6 is 12.6 Å². The van der Waals surface area contributed by atoms with Crippen molar-refractivity contribution in [1.82, 2.24) is 4.90 Å². The van der Waals surface area contributed by atoms with Gasteiger partial charge in [-0.2, -0.15) is 12.6 Å². The molecule has 0 bridgehead atoms. The van der Waals surface area contributed by atoms with E-state index < -0.39 is 0 Å². The number of hydrogen-bond acceptors (Lipinski definition) is 4. The van der Waals surface area contributed by atoms with Gasteiger partial charge in [0, 0.05) is 38.3 Å². The summed E-state index contributed by atoms with van der Waals surface area (Å²) >= 11 is 4.10. The number of carbonyl (C=O) groups is 1. The van der Waals surface area contributed by atoms with E-state index in [0.29, 0.717) is 12.2 Å². The van der Waals surface area contributed by atoms with Gasteiger partial charge in [-0.15, -0.1) is 0 Å². The van der Waals surface area contributed by atoms with Gasteiger partial charge in [-0.1, -0.05) is 0 Å². The Hall–Kier alpha value is -1.36. The largest absolute Gasteiger partial charge is 0.497 e. The second kappa shape index (κ2) is 6.70. The van der Waals surface area contributed by atoms with Crippen molar-refractivity contribution < 1.29 is 9.53 Å². The molecule has 1 aliphatic rings. The maximum atomic E-state index is 11.8. The molecule has 0 unspecified atom stereocenters. The molecule has 1 aliphatic heterocycles. The Bertz CT molecular complexity index is 414. The summed E-state index contributed by atoms with van der Waals surface area (Å²) in [5, 5.41) is 0. The smallest absolute Gasteiger partial charge is 0.223 e. The van der Waals surface area contributed by atoms with E-state index in [2.05, 4.69) is 29.7 Å². The maximum absolute atomic E-state index is 11.8. The molecule has 1 amide bonds. The number of carbonyl (C=O) groups excluding carboxylic acids is 1. The summed E-state index contributed by atoms with van der Waals surface area (Å²) in [5.41, 5.74) is 1.18. The highest BCUT2D eigenvalue weighted by atomic mass is 32.1. The van der Waals surface area contributed by atoms with Crippen molar-refractivity contribution in [3.05, 3.63) is 24.3 Å². The summed E-state index contributed by atoms with van der Waals surface area (Å²) in [4.78, 5) is 16.0. The van der Waals surface area contributed by atoms with Crippen LogP contribution in [0.25, 0.3) is 0 Å². The summed E-state index contributed by atoms with van der Waals surface area (Å²) in [5.74, 6) is 1.70. The van der Waals surface area contributed by atoms with Crippen molar-refractivity contribution in [2.45, 2.75) is 6.42 Å². The number of methoxy groups -OCH3 is 1. The van der Waals surface area contributed by atoms with Gasteiger partial charge < -0.3 is 14.5 Å². The summed E-state index contributed by atoms with van der Waals surface area (Å²) in [6.07, 6.45) is 0.533. The maximum Gasteiger partial charge on any atom is 0.223 e. The second-order valence-corrected chi connectivity index (χ2v) is 4.99. The molecule has 0 atom stereocenters. The summed E-state index contributed by atoms with van der Waals surface area (Å²) < 4.78 is 5.15. The summed E-state index contributed by atoms with van der Waals surface area (Å²) in [7, 11) is 1.67. The van der Waals surface area contributed by atoms with Crippen LogP contribution in [0.15, 0.2) is 24.3 Å². The molecule has 1 aromatic carbocycles. The minimum Gasteiger partial charge on any atom is -0.497 e. The zero-order valence-electron chi connectivity index (χ0n) is 11.2. The molecule has 1 heterocycles. The fourth-order valence-electron chi connectivity index (χ4n) is 2.26. The average molecular weight is 280 g/mol. The topological polar surface area (TPSA) is 32.8 Å². The lowest BCUT2D eigenvalue weighted by Gasteiger charge is -2.36. The zero-order chi connectivity index (χ0) is 13.7. The Labute approximate surface area is 119 Å². The molecule has 1 fully saturated rings. The van der Waals surface area contributed by atoms with Crippen LogP contribution in [-0.4, -0.2) is 49.8 Å². The number of thiol groups is 1. The molecule has 0 N–H and O–H groups in total. The van der Waals surface area contributed by atoms with E-state index in [9.17, 15) is 4.79 Å². The number of piperazine rings is 1. The van der Waals surface area contributed by atoms with E-state index in [4.69, 9.17) is 4.74 Å². The van der Waals surface area contributed by atoms with E-state index in [-0.39, 0.29) is 5.91 Å². The summed E-state index contributed by atoms with van der Waals surface area (Å²) in [6.45, 7) is 3.34. The van der Waals surface area contributed by atoms with Gasteiger partial charge >= 0.3 is 0 Å². The molecule has 5 heteroatoms. The minimum atomic E-state index is 0.212. The van der Waals surface area contributed by atoms with E-state index in [1.165, 1.54) is 5.69 Å². The van der Waals surface area contributed by atoms with Crippen LogP contribution in [0.1, 0.15) is 6.42 Å². The number of rotatable bonds is 4. The number of ether oxygens (including phenoxy) is 1. The zero-order valence-corrected chi connectivity index (χ0v) is 12.1. The number of anilines is 1. The fourth-order valence-corrected chi connectivity index (χ4v) is 2.45. The third-order valence-electron chi connectivity index (χ3n) is 3.40. The van der Waals surface area contributed by atoms with Crippen LogP contribution in [0.4, 0.5) is 5.69 Å². The van der Waals surface area contributed by atoms with E-state index in [1.54, 1.807) is 7.11 Å². The Morgan fingerprint density at radius 3 is 2.37 bits per heavy atom. The third-order valence-corrected chi connectivity index (χ3v) is 3.62. The third kappa shape index (κ3) is 3.56. The van der Waals surface area contributed by atoms with Gasteiger partial charge in [0.15, 0.2) is 0 Å². The molecule has 4 nitrogen and oxygen atoms in total. The molecule has 2 rings (SSSR count). The van der Waals surface area contributed by atoms with Crippen molar-refractivity contribution in [2.24, 2.45) is 0 Å². The normalized spacial score (nSPS) is 15.5. The number of nitrogens with zero attached hydrogens (tertiary/aromatic N) is 2. The molecule has 1 aromatic rings. The van der Waals surface area contributed by atoms with Crippen LogP contribution < -0.4 is 9.64 Å². The first-order chi connectivity index (χ1) is 9.24. The van der Waals surface area contributed by atoms with Crippen LogP contribution in [0.2, 0.25) is 0 Å². The Kier molecular flexibility index (Phi) is 4.96. The number of amides is 1. The predicted octanol–water partition coefficient (Wildman–Crippen LogP) is 1.66. The van der Waals surface area contributed by atoms with Gasteiger partial charge in [0.05, 0.1) is 7.11 Å². The molecular formula is C14H20N2O2S. The van der Waals surface area contributed by atoms with Gasteiger partial charge in [-0.3, -0.25) is 4.79 Å².